The number of fused-ring (bicyclic) bond motifs is 2. The topological polar surface area (TPSA) is 6.48 Å². The van der Waals surface area contributed by atoms with Crippen LogP contribution in [0.1, 0.15) is 25.7 Å². The number of hydrogen-bond acceptors (Lipinski definition) is 2. The Bertz CT molecular complexity index is 422. The van der Waals surface area contributed by atoms with E-state index in [4.69, 9.17) is 0 Å². The van der Waals surface area contributed by atoms with Gasteiger partial charge in [-0.2, -0.15) is 0 Å². The second kappa shape index (κ2) is 4.82. The summed E-state index contributed by atoms with van der Waals surface area (Å²) in [5, 5.41) is 0. The Kier molecular flexibility index (Phi) is 2.99. The van der Waals surface area contributed by atoms with Crippen molar-refractivity contribution in [3.05, 3.63) is 30.3 Å². The average Bonchev–Trinajstić information content (AvgIpc) is 3.11. The summed E-state index contributed by atoms with van der Waals surface area (Å²) in [6.45, 7) is 4.95. The molecule has 1 aromatic carbocycles. The van der Waals surface area contributed by atoms with Gasteiger partial charge in [0.2, 0.25) is 0 Å². The molecule has 2 heteroatoms. The van der Waals surface area contributed by atoms with Crippen molar-refractivity contribution in [2.45, 2.75) is 31.7 Å². The van der Waals surface area contributed by atoms with Gasteiger partial charge in [-0.3, -0.25) is 4.90 Å². The minimum atomic E-state index is 0.927. The Labute approximate surface area is 116 Å². The number of rotatable bonds is 2. The van der Waals surface area contributed by atoms with Crippen LogP contribution in [0.2, 0.25) is 0 Å². The van der Waals surface area contributed by atoms with Crippen molar-refractivity contribution < 1.29 is 0 Å². The molecule has 2 bridgehead atoms. The molecule has 0 spiro atoms. The van der Waals surface area contributed by atoms with E-state index in [1.165, 1.54) is 57.5 Å². The van der Waals surface area contributed by atoms with Gasteiger partial charge in [0.25, 0.3) is 0 Å². The summed E-state index contributed by atoms with van der Waals surface area (Å²) < 4.78 is 0. The molecule has 2 aliphatic carbocycles. The third kappa shape index (κ3) is 2.16. The van der Waals surface area contributed by atoms with E-state index >= 15 is 0 Å². The van der Waals surface area contributed by atoms with E-state index in [0.717, 1.165) is 17.9 Å². The van der Waals surface area contributed by atoms with Crippen molar-refractivity contribution in [1.82, 2.24) is 4.90 Å². The molecule has 0 radical (unpaired) electrons. The Balaban J connectivity index is 1.38. The summed E-state index contributed by atoms with van der Waals surface area (Å²) in [6, 6.07) is 11.8. The largest absolute Gasteiger partial charge is 0.369 e. The minimum absolute atomic E-state index is 0.927. The van der Waals surface area contributed by atoms with E-state index in [2.05, 4.69) is 40.1 Å². The van der Waals surface area contributed by atoms with Crippen molar-refractivity contribution in [2.75, 3.05) is 31.1 Å². The van der Waals surface area contributed by atoms with E-state index in [1.807, 2.05) is 0 Å². The number of nitrogens with zero attached hydrogens (tertiary/aromatic N) is 2. The van der Waals surface area contributed by atoms with E-state index in [1.54, 1.807) is 0 Å². The van der Waals surface area contributed by atoms with Gasteiger partial charge >= 0.3 is 0 Å². The lowest BCUT2D eigenvalue weighted by molar-refractivity contribution is 0.135. The Morgan fingerprint density at radius 2 is 1.63 bits per heavy atom. The second-order valence-electron chi connectivity index (χ2n) is 6.60. The molecule has 2 nitrogen and oxygen atoms in total. The molecule has 1 heterocycles. The number of benzene rings is 1. The molecule has 2 saturated carbocycles. The molecule has 4 rings (SSSR count). The quantitative estimate of drug-likeness (QED) is 0.802. The van der Waals surface area contributed by atoms with Crippen molar-refractivity contribution in [1.29, 1.82) is 0 Å². The van der Waals surface area contributed by atoms with Crippen LogP contribution in [0.3, 0.4) is 0 Å². The molecule has 1 saturated heterocycles. The lowest BCUT2D eigenvalue weighted by Gasteiger charge is -2.41. The summed E-state index contributed by atoms with van der Waals surface area (Å²) >= 11 is 0. The smallest absolute Gasteiger partial charge is 0.0367 e. The van der Waals surface area contributed by atoms with Gasteiger partial charge in [0.15, 0.2) is 0 Å². The van der Waals surface area contributed by atoms with E-state index in [-0.39, 0.29) is 0 Å². The molecule has 1 aromatic rings. The SMILES string of the molecule is c1ccc(N2CCN([C@H]3C[C@H]4CC[C@@H]3C4)CC2)cc1. The molecule has 0 N–H and O–H groups in total. The predicted molar refractivity (Wildman–Crippen MR) is 79.5 cm³/mol. The van der Waals surface area contributed by atoms with Gasteiger partial charge < -0.3 is 4.90 Å². The molecular weight excluding hydrogens is 232 g/mol. The molecule has 3 fully saturated rings. The van der Waals surface area contributed by atoms with Crippen LogP contribution < -0.4 is 4.90 Å². The van der Waals surface area contributed by atoms with Gasteiger partial charge in [-0.25, -0.2) is 0 Å². The van der Waals surface area contributed by atoms with Gasteiger partial charge in [-0.05, 0) is 43.2 Å². The highest BCUT2D eigenvalue weighted by atomic mass is 15.3. The summed E-state index contributed by atoms with van der Waals surface area (Å²) in [5.41, 5.74) is 1.40. The fourth-order valence-corrected chi connectivity index (χ4v) is 4.61. The average molecular weight is 256 g/mol. The lowest BCUT2D eigenvalue weighted by Crippen LogP contribution is -2.51. The second-order valence-corrected chi connectivity index (χ2v) is 6.60. The maximum absolute atomic E-state index is 2.79. The highest BCUT2D eigenvalue weighted by Crippen LogP contribution is 2.46. The number of para-hydroxylation sites is 1. The number of piperazine rings is 1. The first-order valence-electron chi connectivity index (χ1n) is 7.94. The Hall–Kier alpha value is -1.02. The molecule has 3 atom stereocenters. The van der Waals surface area contributed by atoms with Crippen LogP contribution in [0.15, 0.2) is 30.3 Å². The molecular formula is C17H24N2. The van der Waals surface area contributed by atoms with Gasteiger partial charge in [-0.1, -0.05) is 24.6 Å². The zero-order valence-electron chi connectivity index (χ0n) is 11.7. The predicted octanol–water partition coefficient (Wildman–Crippen LogP) is 3.00. The summed E-state index contributed by atoms with van der Waals surface area (Å²) in [4.78, 5) is 5.34. The first-order valence-corrected chi connectivity index (χ1v) is 7.94. The molecule has 0 unspecified atom stereocenters. The van der Waals surface area contributed by atoms with Gasteiger partial charge in [0.05, 0.1) is 0 Å². The Morgan fingerprint density at radius 3 is 2.26 bits per heavy atom. The number of hydrogen-bond donors (Lipinski definition) is 0. The summed E-state index contributed by atoms with van der Waals surface area (Å²) in [7, 11) is 0. The standard InChI is InChI=1S/C17H24N2/c1-2-4-16(5-3-1)18-8-10-19(11-9-18)17-13-14-6-7-15(17)12-14/h1-5,14-15,17H,6-13H2/t14-,15+,17-/m0/s1. The summed E-state index contributed by atoms with van der Waals surface area (Å²) in [5.74, 6) is 2.11. The fourth-order valence-electron chi connectivity index (χ4n) is 4.61. The molecule has 3 aliphatic rings. The highest BCUT2D eigenvalue weighted by molar-refractivity contribution is 5.46. The first kappa shape index (κ1) is 11.8. The fraction of sp³-hybridized carbons (Fsp3) is 0.647. The minimum Gasteiger partial charge on any atom is -0.369 e. The van der Waals surface area contributed by atoms with Gasteiger partial charge in [0.1, 0.15) is 0 Å². The molecule has 102 valence electrons. The van der Waals surface area contributed by atoms with Crippen molar-refractivity contribution >= 4 is 5.69 Å². The molecule has 19 heavy (non-hydrogen) atoms. The zero-order chi connectivity index (χ0) is 12.7. The highest BCUT2D eigenvalue weighted by Gasteiger charge is 2.42. The van der Waals surface area contributed by atoms with Gasteiger partial charge in [-0.15, -0.1) is 0 Å². The van der Waals surface area contributed by atoms with Crippen LogP contribution >= 0.6 is 0 Å². The maximum atomic E-state index is 2.79. The molecule has 0 amide bonds. The number of anilines is 1. The van der Waals surface area contributed by atoms with Crippen molar-refractivity contribution in [3.8, 4) is 0 Å². The molecule has 1 aliphatic heterocycles. The summed E-state index contributed by atoms with van der Waals surface area (Å²) in [6.07, 6.45) is 6.05. The van der Waals surface area contributed by atoms with E-state index in [0.29, 0.717) is 0 Å². The van der Waals surface area contributed by atoms with Crippen LogP contribution in [0.5, 0.6) is 0 Å². The Morgan fingerprint density at radius 1 is 0.842 bits per heavy atom. The first-order chi connectivity index (χ1) is 9.40. The van der Waals surface area contributed by atoms with E-state index in [9.17, 15) is 0 Å². The van der Waals surface area contributed by atoms with Crippen LogP contribution in [-0.4, -0.2) is 37.1 Å². The van der Waals surface area contributed by atoms with Gasteiger partial charge in [0, 0.05) is 37.9 Å². The van der Waals surface area contributed by atoms with Crippen molar-refractivity contribution in [2.24, 2.45) is 11.8 Å². The monoisotopic (exact) mass is 256 g/mol. The lowest BCUT2D eigenvalue weighted by atomic mass is 9.93. The van der Waals surface area contributed by atoms with Crippen LogP contribution in [0.25, 0.3) is 0 Å². The molecule has 0 aromatic heterocycles. The zero-order valence-corrected chi connectivity index (χ0v) is 11.7. The van der Waals surface area contributed by atoms with Crippen LogP contribution in [0.4, 0.5) is 5.69 Å². The third-order valence-corrected chi connectivity index (χ3v) is 5.61. The normalized spacial score (nSPS) is 34.9. The van der Waals surface area contributed by atoms with Crippen LogP contribution in [0, 0.1) is 11.8 Å². The van der Waals surface area contributed by atoms with Crippen LogP contribution in [-0.2, 0) is 0 Å². The maximum Gasteiger partial charge on any atom is 0.0367 e. The van der Waals surface area contributed by atoms with E-state index < -0.39 is 0 Å². The van der Waals surface area contributed by atoms with Crippen molar-refractivity contribution in [3.63, 3.8) is 0 Å². The third-order valence-electron chi connectivity index (χ3n) is 5.61.